The van der Waals surface area contributed by atoms with Crippen LogP contribution in [0.5, 0.6) is 0 Å². The summed E-state index contributed by atoms with van der Waals surface area (Å²) in [6, 6.07) is 2.43. The minimum Gasteiger partial charge on any atom is -0.327 e. The summed E-state index contributed by atoms with van der Waals surface area (Å²) in [5, 5.41) is 2.13. The van der Waals surface area contributed by atoms with Crippen LogP contribution in [0.2, 0.25) is 0 Å². The Morgan fingerprint density at radius 1 is 1.62 bits per heavy atom. The van der Waals surface area contributed by atoms with Gasteiger partial charge >= 0.3 is 0 Å². The molecular formula is C13H20BrNS. The van der Waals surface area contributed by atoms with E-state index >= 15 is 0 Å². The number of hydrogen-bond acceptors (Lipinski definition) is 2. The molecule has 1 nitrogen and oxygen atoms in total. The van der Waals surface area contributed by atoms with Gasteiger partial charge in [0.1, 0.15) is 0 Å². The third kappa shape index (κ3) is 2.52. The summed E-state index contributed by atoms with van der Waals surface area (Å²) in [5.41, 5.74) is 6.83. The highest BCUT2D eigenvalue weighted by molar-refractivity contribution is 9.10. The monoisotopic (exact) mass is 301 g/mol. The average molecular weight is 302 g/mol. The number of nitrogens with two attached hydrogens (primary N) is 1. The summed E-state index contributed by atoms with van der Waals surface area (Å²) in [6.45, 7) is 4.74. The Bertz CT molecular complexity index is 359. The standard InChI is InChI=1S/C13H20BrNS/c1-13(2)6-3-4-9(13)11(15)8-12-10(14)5-7-16-12/h5,7,9,11H,3-4,6,8,15H2,1-2H3. The van der Waals surface area contributed by atoms with Crippen LogP contribution in [0.3, 0.4) is 0 Å². The molecule has 16 heavy (non-hydrogen) atoms. The number of hydrogen-bond donors (Lipinski definition) is 1. The second kappa shape index (κ2) is 4.79. The van der Waals surface area contributed by atoms with E-state index in [1.54, 1.807) is 0 Å². The first-order chi connectivity index (χ1) is 7.50. The van der Waals surface area contributed by atoms with E-state index in [0.29, 0.717) is 17.4 Å². The molecule has 1 heterocycles. The molecule has 2 unspecified atom stereocenters. The summed E-state index contributed by atoms with van der Waals surface area (Å²) in [4.78, 5) is 1.40. The van der Waals surface area contributed by atoms with Crippen molar-refractivity contribution in [2.24, 2.45) is 17.1 Å². The van der Waals surface area contributed by atoms with Crippen molar-refractivity contribution in [2.45, 2.75) is 45.6 Å². The van der Waals surface area contributed by atoms with Crippen LogP contribution in [-0.4, -0.2) is 6.04 Å². The van der Waals surface area contributed by atoms with Crippen LogP contribution in [-0.2, 0) is 6.42 Å². The molecule has 0 radical (unpaired) electrons. The van der Waals surface area contributed by atoms with Gasteiger partial charge in [-0.1, -0.05) is 20.3 Å². The molecule has 3 heteroatoms. The Hall–Kier alpha value is 0.140. The van der Waals surface area contributed by atoms with Crippen molar-refractivity contribution in [1.29, 1.82) is 0 Å². The predicted octanol–water partition coefficient (Wildman–Crippen LogP) is 4.21. The fourth-order valence-corrected chi connectivity index (χ4v) is 4.56. The number of rotatable bonds is 3. The molecule has 0 bridgehead atoms. The maximum absolute atomic E-state index is 6.40. The maximum Gasteiger partial charge on any atom is 0.0314 e. The molecule has 2 rings (SSSR count). The first kappa shape index (κ1) is 12.6. The third-order valence-electron chi connectivity index (χ3n) is 3.97. The topological polar surface area (TPSA) is 26.0 Å². The van der Waals surface area contributed by atoms with E-state index in [1.807, 2.05) is 11.3 Å². The molecule has 2 N–H and O–H groups in total. The summed E-state index contributed by atoms with van der Waals surface area (Å²) in [5.74, 6) is 0.682. The largest absolute Gasteiger partial charge is 0.327 e. The lowest BCUT2D eigenvalue weighted by Crippen LogP contribution is -2.37. The zero-order chi connectivity index (χ0) is 11.8. The Kier molecular flexibility index (Phi) is 3.77. The molecule has 1 aliphatic carbocycles. The van der Waals surface area contributed by atoms with Gasteiger partial charge in [-0.15, -0.1) is 11.3 Å². The normalized spacial score (nSPS) is 25.9. The number of thiophene rings is 1. The molecule has 1 aromatic rings. The minimum absolute atomic E-state index is 0.312. The molecule has 1 aliphatic rings. The zero-order valence-electron chi connectivity index (χ0n) is 10.0. The van der Waals surface area contributed by atoms with Crippen molar-refractivity contribution >= 4 is 27.3 Å². The molecule has 0 spiro atoms. The van der Waals surface area contributed by atoms with Crippen molar-refractivity contribution < 1.29 is 0 Å². The highest BCUT2D eigenvalue weighted by Crippen LogP contribution is 2.44. The van der Waals surface area contributed by atoms with Crippen LogP contribution in [0.15, 0.2) is 15.9 Å². The van der Waals surface area contributed by atoms with Crippen LogP contribution < -0.4 is 5.73 Å². The van der Waals surface area contributed by atoms with Gasteiger partial charge in [0.15, 0.2) is 0 Å². The second-order valence-corrected chi connectivity index (χ2v) is 7.40. The van der Waals surface area contributed by atoms with Crippen molar-refractivity contribution in [3.8, 4) is 0 Å². The van der Waals surface area contributed by atoms with Crippen molar-refractivity contribution in [2.75, 3.05) is 0 Å². The Morgan fingerprint density at radius 2 is 2.38 bits per heavy atom. The second-order valence-electron chi connectivity index (χ2n) is 5.55. The minimum atomic E-state index is 0.312. The van der Waals surface area contributed by atoms with Gasteiger partial charge in [0.05, 0.1) is 0 Å². The van der Waals surface area contributed by atoms with Gasteiger partial charge in [0.2, 0.25) is 0 Å². The lowest BCUT2D eigenvalue weighted by molar-refractivity contribution is 0.220. The predicted molar refractivity (Wildman–Crippen MR) is 74.8 cm³/mol. The van der Waals surface area contributed by atoms with Crippen molar-refractivity contribution in [3.05, 3.63) is 20.8 Å². The van der Waals surface area contributed by atoms with Crippen LogP contribution in [0.4, 0.5) is 0 Å². The van der Waals surface area contributed by atoms with E-state index in [1.165, 1.54) is 28.6 Å². The zero-order valence-corrected chi connectivity index (χ0v) is 12.4. The van der Waals surface area contributed by atoms with Gasteiger partial charge in [-0.3, -0.25) is 0 Å². The Balaban J connectivity index is 2.03. The van der Waals surface area contributed by atoms with E-state index in [2.05, 4.69) is 41.2 Å². The Morgan fingerprint density at radius 3 is 2.88 bits per heavy atom. The maximum atomic E-state index is 6.40. The lowest BCUT2D eigenvalue weighted by Gasteiger charge is -2.31. The van der Waals surface area contributed by atoms with E-state index in [4.69, 9.17) is 5.73 Å². The van der Waals surface area contributed by atoms with Gasteiger partial charge in [-0.05, 0) is 58.0 Å². The molecule has 0 amide bonds. The quantitative estimate of drug-likeness (QED) is 0.889. The highest BCUT2D eigenvalue weighted by atomic mass is 79.9. The van der Waals surface area contributed by atoms with E-state index in [-0.39, 0.29) is 0 Å². The van der Waals surface area contributed by atoms with Gasteiger partial charge in [0.25, 0.3) is 0 Å². The Labute approximate surface area is 111 Å². The molecule has 2 atom stereocenters. The SMILES string of the molecule is CC1(C)CCCC1C(N)Cc1sccc1Br. The van der Waals surface area contributed by atoms with E-state index in [9.17, 15) is 0 Å². The summed E-state index contributed by atoms with van der Waals surface area (Å²) < 4.78 is 1.23. The molecule has 0 aliphatic heterocycles. The molecule has 0 aromatic carbocycles. The molecule has 1 saturated carbocycles. The molecular weight excluding hydrogens is 282 g/mol. The van der Waals surface area contributed by atoms with Crippen molar-refractivity contribution in [3.63, 3.8) is 0 Å². The van der Waals surface area contributed by atoms with Crippen LogP contribution >= 0.6 is 27.3 Å². The van der Waals surface area contributed by atoms with Crippen molar-refractivity contribution in [1.82, 2.24) is 0 Å². The van der Waals surface area contributed by atoms with E-state index < -0.39 is 0 Å². The number of halogens is 1. The molecule has 1 aromatic heterocycles. The van der Waals surface area contributed by atoms with Gasteiger partial charge in [0, 0.05) is 15.4 Å². The third-order valence-corrected chi connectivity index (χ3v) is 5.92. The molecule has 0 saturated heterocycles. The molecule has 1 fully saturated rings. The van der Waals surface area contributed by atoms with Crippen LogP contribution in [0, 0.1) is 11.3 Å². The fourth-order valence-electron chi connectivity index (χ4n) is 2.97. The van der Waals surface area contributed by atoms with Crippen LogP contribution in [0.1, 0.15) is 38.0 Å². The van der Waals surface area contributed by atoms with Crippen LogP contribution in [0.25, 0.3) is 0 Å². The average Bonchev–Trinajstić information content (AvgIpc) is 2.73. The summed E-state index contributed by atoms with van der Waals surface area (Å²) >= 11 is 5.40. The molecule has 90 valence electrons. The van der Waals surface area contributed by atoms with E-state index in [0.717, 1.165) is 6.42 Å². The highest BCUT2D eigenvalue weighted by Gasteiger charge is 2.38. The van der Waals surface area contributed by atoms with Gasteiger partial charge in [-0.2, -0.15) is 0 Å². The lowest BCUT2D eigenvalue weighted by atomic mass is 9.77. The first-order valence-electron chi connectivity index (χ1n) is 5.98. The van der Waals surface area contributed by atoms with Gasteiger partial charge < -0.3 is 5.73 Å². The smallest absolute Gasteiger partial charge is 0.0314 e. The summed E-state index contributed by atoms with van der Waals surface area (Å²) in [7, 11) is 0. The summed E-state index contributed by atoms with van der Waals surface area (Å²) in [6.07, 6.45) is 5.00. The first-order valence-corrected chi connectivity index (χ1v) is 7.65. The fraction of sp³-hybridized carbons (Fsp3) is 0.692. The van der Waals surface area contributed by atoms with Gasteiger partial charge in [-0.25, -0.2) is 0 Å².